The largest absolute Gasteiger partial charge is 0.573 e. The maximum atomic E-state index is 12.3. The zero-order valence-electron chi connectivity index (χ0n) is 22.9. The summed E-state index contributed by atoms with van der Waals surface area (Å²) < 4.78 is 43.0. The predicted octanol–water partition coefficient (Wildman–Crippen LogP) is 7.08. The van der Waals surface area contributed by atoms with E-state index in [-0.39, 0.29) is 11.6 Å². The summed E-state index contributed by atoms with van der Waals surface area (Å²) in [4.78, 5) is 8.22. The van der Waals surface area contributed by atoms with Crippen LogP contribution in [0.4, 0.5) is 24.5 Å². The fourth-order valence-electron chi connectivity index (χ4n) is 4.33. The molecular weight excluding hydrogens is 573 g/mol. The molecule has 4 aromatic carbocycles. The van der Waals surface area contributed by atoms with Crippen LogP contribution in [0.5, 0.6) is 5.75 Å². The molecule has 0 bridgehead atoms. The Morgan fingerprint density at radius 1 is 0.907 bits per heavy atom. The zero-order chi connectivity index (χ0) is 30.1. The number of amidine groups is 2. The molecule has 3 N–H and O–H groups in total. The van der Waals surface area contributed by atoms with Gasteiger partial charge in [-0.2, -0.15) is 0 Å². The second-order valence-corrected chi connectivity index (χ2v) is 10.4. The number of nitrogens with two attached hydrogens (primary N) is 1. The van der Waals surface area contributed by atoms with Crippen LogP contribution in [0, 0.1) is 0 Å². The van der Waals surface area contributed by atoms with E-state index >= 15 is 0 Å². The number of aliphatic imine (C=N–C) groups is 2. The third-order valence-electron chi connectivity index (χ3n) is 6.34. The highest BCUT2D eigenvalue weighted by atomic mass is 32.2. The normalized spacial score (nSPS) is 14.4. The first kappa shape index (κ1) is 29.6. The monoisotopic (exact) mass is 601 g/mol. The van der Waals surface area contributed by atoms with Crippen molar-refractivity contribution in [3.63, 3.8) is 0 Å². The number of hydrogen-bond acceptors (Lipinski definition) is 5. The fourth-order valence-corrected chi connectivity index (χ4v) is 5.26. The number of nitrogens with zero attached hydrogens (tertiary/aromatic N) is 4. The lowest BCUT2D eigenvalue weighted by atomic mass is 10.0. The number of para-hydroxylation sites is 1. The van der Waals surface area contributed by atoms with Gasteiger partial charge in [0.1, 0.15) is 23.6 Å². The van der Waals surface area contributed by atoms with Crippen LogP contribution in [-0.4, -0.2) is 46.8 Å². The van der Waals surface area contributed by atoms with E-state index in [0.29, 0.717) is 11.3 Å². The summed E-state index contributed by atoms with van der Waals surface area (Å²) in [5.41, 5.74) is 14.7. The van der Waals surface area contributed by atoms with Gasteiger partial charge >= 0.3 is 11.5 Å². The molecule has 0 fully saturated rings. The molecule has 0 saturated carbocycles. The van der Waals surface area contributed by atoms with Crippen LogP contribution < -0.4 is 15.9 Å². The molecule has 0 saturated heterocycles. The Hall–Kier alpha value is -4.90. The van der Waals surface area contributed by atoms with Crippen LogP contribution in [-0.2, 0) is 0 Å². The van der Waals surface area contributed by atoms with Crippen LogP contribution in [0.25, 0.3) is 11.1 Å². The molecule has 5 rings (SSSR count). The molecule has 218 valence electrons. The third kappa shape index (κ3) is 8.32. The Kier molecular flexibility index (Phi) is 9.52. The average Bonchev–Trinajstić information content (AvgIpc) is 3.02. The summed E-state index contributed by atoms with van der Waals surface area (Å²) in [7, 11) is 0. The van der Waals surface area contributed by atoms with Crippen molar-refractivity contribution in [1.82, 2.24) is 5.43 Å². The molecule has 11 heteroatoms. The first-order chi connectivity index (χ1) is 20.9. The van der Waals surface area contributed by atoms with E-state index in [9.17, 15) is 13.2 Å². The van der Waals surface area contributed by atoms with Crippen molar-refractivity contribution in [1.29, 1.82) is 0 Å². The first-order valence-corrected chi connectivity index (χ1v) is 14.4. The lowest BCUT2D eigenvalue weighted by Gasteiger charge is -2.17. The van der Waals surface area contributed by atoms with E-state index in [2.05, 4.69) is 66.2 Å². The maximum absolute atomic E-state index is 12.3. The van der Waals surface area contributed by atoms with Gasteiger partial charge in [-0.05, 0) is 59.6 Å². The van der Waals surface area contributed by atoms with Gasteiger partial charge in [0.25, 0.3) is 0 Å². The number of nitrogens with one attached hydrogen (secondary N) is 1. The van der Waals surface area contributed by atoms with Crippen molar-refractivity contribution in [2.75, 3.05) is 12.3 Å². The number of benzene rings is 4. The van der Waals surface area contributed by atoms with Crippen molar-refractivity contribution in [3.05, 3.63) is 114 Å². The fraction of sp³-hybridized carbons (Fsp3) is 0.125. The van der Waals surface area contributed by atoms with Crippen LogP contribution in [0.2, 0.25) is 0 Å². The number of ether oxygens (including phenoxy) is 1. The molecule has 4 aromatic rings. The number of hydrazone groups is 1. The standard InChI is InChI=1S/C32H27F3N6OS/c33-32(34,35)42-27-17-15-26(16-18-27)37-22-38-30(36)25-13-11-23(12-14-25)21-39-40-31-41(19-6-20-43-31)29-10-5-4-9-28(29)24-7-2-1-3-8-24/h1-5,7-18,21-22H,6,19-20H2,(H2,36,37,38)/p+1/b39-21+. The zero-order valence-corrected chi connectivity index (χ0v) is 23.7. The number of alkyl halides is 3. The van der Waals surface area contributed by atoms with Crippen LogP contribution in [0.15, 0.2) is 118 Å². The van der Waals surface area contributed by atoms with Crippen molar-refractivity contribution in [3.8, 4) is 16.9 Å². The Morgan fingerprint density at radius 2 is 1.63 bits per heavy atom. The van der Waals surface area contributed by atoms with Gasteiger partial charge in [0, 0.05) is 16.9 Å². The van der Waals surface area contributed by atoms with Crippen molar-refractivity contribution in [2.24, 2.45) is 20.8 Å². The van der Waals surface area contributed by atoms with Crippen LogP contribution in [0.3, 0.4) is 0 Å². The SMILES string of the molecule is NC(=NC=Nc1ccc(OC(F)(F)F)cc1)c1ccc(/C=N/NC2=[N+](c3ccccc3-c3ccccc3)CCCS2)cc1. The molecule has 0 unspecified atom stereocenters. The van der Waals surface area contributed by atoms with Gasteiger partial charge in [0.15, 0.2) is 0 Å². The summed E-state index contributed by atoms with van der Waals surface area (Å²) in [6, 6.07) is 31.3. The maximum Gasteiger partial charge on any atom is 0.573 e. The number of thioether (sulfide) groups is 1. The Labute approximate surface area is 251 Å². The van der Waals surface area contributed by atoms with Gasteiger partial charge in [-0.1, -0.05) is 77.9 Å². The minimum atomic E-state index is -4.74. The molecule has 1 aliphatic heterocycles. The van der Waals surface area contributed by atoms with Crippen molar-refractivity contribution >= 4 is 46.7 Å². The second-order valence-electron chi connectivity index (χ2n) is 9.33. The van der Waals surface area contributed by atoms with Crippen molar-refractivity contribution < 1.29 is 22.5 Å². The highest BCUT2D eigenvalue weighted by Gasteiger charge is 2.31. The topological polar surface area (TPSA) is 87.4 Å². The predicted molar refractivity (Wildman–Crippen MR) is 168 cm³/mol. The molecule has 0 amide bonds. The van der Waals surface area contributed by atoms with Crippen molar-refractivity contribution in [2.45, 2.75) is 12.8 Å². The van der Waals surface area contributed by atoms with Gasteiger partial charge in [-0.3, -0.25) is 0 Å². The van der Waals surface area contributed by atoms with Gasteiger partial charge in [0.05, 0.1) is 18.4 Å². The molecule has 0 aromatic heterocycles. The van der Waals surface area contributed by atoms with E-state index in [0.717, 1.165) is 35.1 Å². The summed E-state index contributed by atoms with van der Waals surface area (Å²) in [6.07, 6.45) is -0.685. The van der Waals surface area contributed by atoms with Gasteiger partial charge in [-0.15, -0.1) is 18.6 Å². The highest BCUT2D eigenvalue weighted by molar-refractivity contribution is 8.13. The molecule has 0 spiro atoms. The molecule has 7 nitrogen and oxygen atoms in total. The van der Waals surface area contributed by atoms with E-state index < -0.39 is 6.36 Å². The van der Waals surface area contributed by atoms with Crippen LogP contribution in [0.1, 0.15) is 17.5 Å². The van der Waals surface area contributed by atoms with E-state index in [4.69, 9.17) is 5.73 Å². The van der Waals surface area contributed by atoms with E-state index in [1.54, 1.807) is 18.0 Å². The average molecular weight is 602 g/mol. The number of halogens is 3. The van der Waals surface area contributed by atoms with Gasteiger partial charge < -0.3 is 10.5 Å². The quantitative estimate of drug-likeness (QED) is 0.0978. The molecule has 1 aliphatic rings. The number of rotatable bonds is 8. The van der Waals surface area contributed by atoms with Crippen LogP contribution >= 0.6 is 11.8 Å². The van der Waals surface area contributed by atoms with Gasteiger partial charge in [0.2, 0.25) is 0 Å². The number of hydrogen-bond donors (Lipinski definition) is 2. The Morgan fingerprint density at radius 3 is 2.37 bits per heavy atom. The molecular formula is C32H28F3N6OS+. The smallest absolute Gasteiger partial charge is 0.406 e. The minimum absolute atomic E-state index is 0.240. The summed E-state index contributed by atoms with van der Waals surface area (Å²) in [6.45, 7) is 0.892. The van der Waals surface area contributed by atoms with Gasteiger partial charge in [-0.25, -0.2) is 14.6 Å². The highest BCUT2D eigenvalue weighted by Crippen LogP contribution is 2.32. The minimum Gasteiger partial charge on any atom is -0.406 e. The molecule has 43 heavy (non-hydrogen) atoms. The molecule has 0 aliphatic carbocycles. The van der Waals surface area contributed by atoms with E-state index in [1.165, 1.54) is 41.7 Å². The first-order valence-electron chi connectivity index (χ1n) is 13.4. The Balaban J connectivity index is 1.23. The molecule has 0 radical (unpaired) electrons. The molecule has 1 heterocycles. The summed E-state index contributed by atoms with van der Waals surface area (Å²) in [5, 5.41) is 5.47. The van der Waals surface area contributed by atoms with E-state index in [1.807, 2.05) is 42.5 Å². The summed E-state index contributed by atoms with van der Waals surface area (Å²) >= 11 is 1.74. The summed E-state index contributed by atoms with van der Waals surface area (Å²) in [5.74, 6) is 0.926. The third-order valence-corrected chi connectivity index (χ3v) is 7.42. The second kappa shape index (κ2) is 13.8. The Bertz CT molecular complexity index is 1650. The lowest BCUT2D eigenvalue weighted by molar-refractivity contribution is -0.440. The lowest BCUT2D eigenvalue weighted by Crippen LogP contribution is -2.30. The molecule has 0 atom stereocenters.